The molecule has 0 saturated carbocycles. The van der Waals surface area contributed by atoms with Gasteiger partial charge in [0.1, 0.15) is 0 Å². The lowest BCUT2D eigenvalue weighted by atomic mass is 9.96. The minimum Gasteiger partial charge on any atom is -0.476 e. The van der Waals surface area contributed by atoms with Crippen molar-refractivity contribution < 1.29 is 14.7 Å². The average Bonchev–Trinajstić information content (AvgIpc) is 2.21. The Morgan fingerprint density at radius 3 is 2.38 bits per heavy atom. The second-order valence-electron chi connectivity index (χ2n) is 3.87. The molecule has 1 aromatic carbocycles. The van der Waals surface area contributed by atoms with Crippen molar-refractivity contribution in [2.24, 2.45) is 5.92 Å². The molecule has 0 radical (unpaired) electrons. The Labute approximate surface area is 99.0 Å². The number of hydrogen-bond acceptors (Lipinski definition) is 2. The summed E-state index contributed by atoms with van der Waals surface area (Å²) in [6, 6.07) is 7.32. The first kappa shape index (κ1) is 12.7. The lowest BCUT2D eigenvalue weighted by molar-refractivity contribution is -0.149. The number of rotatable bonds is 5. The van der Waals surface area contributed by atoms with Crippen molar-refractivity contribution in [3.8, 4) is 0 Å². The van der Waals surface area contributed by atoms with Gasteiger partial charge in [-0.15, -0.1) is 0 Å². The van der Waals surface area contributed by atoms with Crippen LogP contribution in [0.4, 0.5) is 0 Å². The third-order valence-electron chi connectivity index (χ3n) is 2.27. The summed E-state index contributed by atoms with van der Waals surface area (Å²) in [5, 5.41) is 9.13. The summed E-state index contributed by atoms with van der Waals surface area (Å²) in [4.78, 5) is 21.3. The van der Waals surface area contributed by atoms with Crippen LogP contribution < -0.4 is 0 Å². The Morgan fingerprint density at radius 2 is 1.88 bits per heavy atom. The van der Waals surface area contributed by atoms with Crippen molar-refractivity contribution in [3.05, 3.63) is 34.9 Å². The number of halogens is 1. The highest BCUT2D eigenvalue weighted by Crippen LogP contribution is 2.15. The maximum atomic E-state index is 11.0. The largest absolute Gasteiger partial charge is 0.476 e. The fourth-order valence-electron chi connectivity index (χ4n) is 1.50. The van der Waals surface area contributed by atoms with Gasteiger partial charge < -0.3 is 5.11 Å². The number of carbonyl (C=O) groups is 2. The molecule has 0 heterocycles. The standard InChI is InChI=1S/C12H13ClO3/c1-8(7-11(14)12(15)16)6-9-2-4-10(13)5-3-9/h2-5,8H,6-7H2,1H3,(H,15,16). The molecule has 1 unspecified atom stereocenters. The van der Waals surface area contributed by atoms with Crippen LogP contribution in [-0.2, 0) is 16.0 Å². The van der Waals surface area contributed by atoms with E-state index >= 15 is 0 Å². The predicted octanol–water partition coefficient (Wildman–Crippen LogP) is 2.56. The molecule has 0 aliphatic heterocycles. The van der Waals surface area contributed by atoms with Crippen LogP contribution in [0.2, 0.25) is 5.02 Å². The zero-order chi connectivity index (χ0) is 12.1. The molecule has 0 saturated heterocycles. The van der Waals surface area contributed by atoms with Gasteiger partial charge in [0, 0.05) is 11.4 Å². The SMILES string of the molecule is CC(CC(=O)C(=O)O)Cc1ccc(Cl)cc1. The zero-order valence-corrected chi connectivity index (χ0v) is 9.70. The molecule has 0 fully saturated rings. The molecule has 0 amide bonds. The Bertz CT molecular complexity index is 384. The van der Waals surface area contributed by atoms with Gasteiger partial charge in [0.25, 0.3) is 0 Å². The van der Waals surface area contributed by atoms with E-state index in [1.165, 1.54) is 0 Å². The molecule has 3 nitrogen and oxygen atoms in total. The van der Waals surface area contributed by atoms with E-state index in [4.69, 9.17) is 16.7 Å². The maximum Gasteiger partial charge on any atom is 0.372 e. The Kier molecular flexibility index (Phi) is 4.50. The molecular formula is C12H13ClO3. The van der Waals surface area contributed by atoms with Crippen molar-refractivity contribution in [2.75, 3.05) is 0 Å². The highest BCUT2D eigenvalue weighted by Gasteiger charge is 2.15. The molecule has 4 heteroatoms. The number of aliphatic carboxylic acids is 1. The van der Waals surface area contributed by atoms with Gasteiger partial charge in [-0.1, -0.05) is 30.7 Å². The maximum absolute atomic E-state index is 11.0. The minimum absolute atomic E-state index is 0.0183. The van der Waals surface area contributed by atoms with Gasteiger partial charge >= 0.3 is 5.97 Å². The molecule has 1 rings (SSSR count). The van der Waals surface area contributed by atoms with E-state index in [1.54, 1.807) is 12.1 Å². The first-order chi connectivity index (χ1) is 7.49. The van der Waals surface area contributed by atoms with Crippen LogP contribution in [0.3, 0.4) is 0 Å². The van der Waals surface area contributed by atoms with Gasteiger partial charge in [-0.2, -0.15) is 0 Å². The van der Waals surface area contributed by atoms with E-state index in [0.717, 1.165) is 5.56 Å². The Balaban J connectivity index is 2.51. The van der Waals surface area contributed by atoms with Gasteiger partial charge in [0.15, 0.2) is 0 Å². The highest BCUT2D eigenvalue weighted by molar-refractivity contribution is 6.32. The first-order valence-corrected chi connectivity index (χ1v) is 5.37. The van der Waals surface area contributed by atoms with E-state index in [0.29, 0.717) is 11.4 Å². The van der Waals surface area contributed by atoms with E-state index in [9.17, 15) is 9.59 Å². The van der Waals surface area contributed by atoms with Crippen molar-refractivity contribution in [3.63, 3.8) is 0 Å². The molecule has 1 atom stereocenters. The molecule has 0 bridgehead atoms. The van der Waals surface area contributed by atoms with E-state index in [2.05, 4.69) is 0 Å². The summed E-state index contributed by atoms with van der Waals surface area (Å²) in [5.74, 6) is -2.07. The van der Waals surface area contributed by atoms with Crippen LogP contribution in [0.25, 0.3) is 0 Å². The molecule has 1 N–H and O–H groups in total. The molecule has 0 spiro atoms. The minimum atomic E-state index is -1.36. The second-order valence-corrected chi connectivity index (χ2v) is 4.30. The molecule has 0 aromatic heterocycles. The lowest BCUT2D eigenvalue weighted by Gasteiger charge is -2.09. The highest BCUT2D eigenvalue weighted by atomic mass is 35.5. The molecule has 1 aromatic rings. The molecule has 86 valence electrons. The van der Waals surface area contributed by atoms with Gasteiger partial charge in [0.05, 0.1) is 0 Å². The van der Waals surface area contributed by atoms with Crippen LogP contribution in [0.15, 0.2) is 24.3 Å². The number of carboxylic acids is 1. The van der Waals surface area contributed by atoms with Crippen LogP contribution in [0.5, 0.6) is 0 Å². The number of carbonyl (C=O) groups excluding carboxylic acids is 1. The van der Waals surface area contributed by atoms with Crippen LogP contribution in [0, 0.1) is 5.92 Å². The average molecular weight is 241 g/mol. The third-order valence-corrected chi connectivity index (χ3v) is 2.52. The lowest BCUT2D eigenvalue weighted by Crippen LogP contribution is -2.16. The summed E-state index contributed by atoms with van der Waals surface area (Å²) in [7, 11) is 0. The normalized spacial score (nSPS) is 12.1. The number of ketones is 1. The summed E-state index contributed by atoms with van der Waals surface area (Å²) >= 11 is 5.74. The quantitative estimate of drug-likeness (QED) is 0.805. The van der Waals surface area contributed by atoms with Crippen LogP contribution in [0.1, 0.15) is 18.9 Å². The smallest absolute Gasteiger partial charge is 0.372 e. The molecule has 0 aliphatic carbocycles. The Hall–Kier alpha value is -1.35. The summed E-state index contributed by atoms with van der Waals surface area (Å²) in [5.41, 5.74) is 1.05. The fourth-order valence-corrected chi connectivity index (χ4v) is 1.62. The van der Waals surface area contributed by atoms with Crippen molar-refractivity contribution in [2.45, 2.75) is 19.8 Å². The number of benzene rings is 1. The van der Waals surface area contributed by atoms with E-state index in [-0.39, 0.29) is 12.3 Å². The van der Waals surface area contributed by atoms with Gasteiger partial charge in [-0.05, 0) is 30.0 Å². The third kappa shape index (κ3) is 4.03. The molecule has 0 aliphatic rings. The van der Waals surface area contributed by atoms with E-state index in [1.807, 2.05) is 19.1 Å². The van der Waals surface area contributed by atoms with Crippen molar-refractivity contribution >= 4 is 23.4 Å². The number of hydrogen-bond donors (Lipinski definition) is 1. The zero-order valence-electron chi connectivity index (χ0n) is 8.94. The monoisotopic (exact) mass is 240 g/mol. The molecule has 16 heavy (non-hydrogen) atoms. The van der Waals surface area contributed by atoms with Crippen molar-refractivity contribution in [1.82, 2.24) is 0 Å². The number of Topliss-reactive ketones (excluding diaryl/α,β-unsaturated/α-hetero) is 1. The second kappa shape index (κ2) is 5.66. The first-order valence-electron chi connectivity index (χ1n) is 4.99. The molecular weight excluding hydrogens is 228 g/mol. The van der Waals surface area contributed by atoms with Gasteiger partial charge in [-0.3, -0.25) is 4.79 Å². The van der Waals surface area contributed by atoms with Crippen LogP contribution >= 0.6 is 11.6 Å². The fraction of sp³-hybridized carbons (Fsp3) is 0.333. The topological polar surface area (TPSA) is 54.4 Å². The summed E-state index contributed by atoms with van der Waals surface area (Å²) in [6.45, 7) is 1.86. The predicted molar refractivity (Wildman–Crippen MR) is 61.6 cm³/mol. The van der Waals surface area contributed by atoms with Crippen molar-refractivity contribution in [1.29, 1.82) is 0 Å². The number of carboxylic acid groups (broad SMARTS) is 1. The van der Waals surface area contributed by atoms with Crippen LogP contribution in [-0.4, -0.2) is 16.9 Å². The summed E-state index contributed by atoms with van der Waals surface area (Å²) < 4.78 is 0. The van der Waals surface area contributed by atoms with Gasteiger partial charge in [-0.25, -0.2) is 4.79 Å². The Morgan fingerprint density at radius 1 is 1.31 bits per heavy atom. The summed E-state index contributed by atoms with van der Waals surface area (Å²) in [6.07, 6.45) is 0.744. The van der Waals surface area contributed by atoms with E-state index < -0.39 is 11.8 Å². The van der Waals surface area contributed by atoms with Gasteiger partial charge in [0.2, 0.25) is 5.78 Å².